The maximum atomic E-state index is 11.9. The Hall–Kier alpha value is -1.51. The predicted octanol–water partition coefficient (Wildman–Crippen LogP) is 2.47. The molecule has 0 spiro atoms. The Morgan fingerprint density at radius 3 is 2.63 bits per heavy atom. The number of amides is 1. The molecule has 1 heterocycles. The summed E-state index contributed by atoms with van der Waals surface area (Å²) in [4.78, 5) is 16.1. The third-order valence-electron chi connectivity index (χ3n) is 5.12. The number of aliphatic imine (C=N–C) groups is 1. The van der Waals surface area contributed by atoms with Crippen molar-refractivity contribution in [3.05, 3.63) is 29.8 Å². The molecule has 1 amide bonds. The third-order valence-corrected chi connectivity index (χ3v) is 5.12. The number of para-hydroxylation sites is 1. The lowest BCUT2D eigenvalue weighted by molar-refractivity contribution is -0.121. The summed E-state index contributed by atoms with van der Waals surface area (Å²) in [5.41, 5.74) is 1.26. The molecule has 1 aromatic rings. The summed E-state index contributed by atoms with van der Waals surface area (Å²) in [7, 11) is 1.75. The first-order chi connectivity index (χ1) is 12.7. The molecule has 6 nitrogen and oxygen atoms in total. The van der Waals surface area contributed by atoms with Crippen LogP contribution in [0.5, 0.6) is 5.75 Å². The van der Waals surface area contributed by atoms with E-state index < -0.39 is 0 Å². The van der Waals surface area contributed by atoms with Crippen LogP contribution in [0, 0.1) is 5.92 Å². The van der Waals surface area contributed by atoms with Crippen molar-refractivity contribution in [3.63, 3.8) is 0 Å². The molecule has 3 rings (SSSR count). The fourth-order valence-corrected chi connectivity index (χ4v) is 3.73. The van der Waals surface area contributed by atoms with Gasteiger partial charge in [-0.1, -0.05) is 31.0 Å². The normalized spacial score (nSPS) is 19.0. The molecule has 1 saturated carbocycles. The van der Waals surface area contributed by atoms with Crippen LogP contribution in [0.4, 0.5) is 0 Å². The van der Waals surface area contributed by atoms with Gasteiger partial charge in [-0.25, -0.2) is 0 Å². The van der Waals surface area contributed by atoms with Crippen molar-refractivity contribution >= 4 is 35.8 Å². The van der Waals surface area contributed by atoms with E-state index in [4.69, 9.17) is 4.74 Å². The largest absolute Gasteiger partial charge is 0.488 e. The number of halogens is 1. The number of benzene rings is 1. The molecule has 0 saturated heterocycles. The molecule has 1 aromatic carbocycles. The first-order valence-corrected chi connectivity index (χ1v) is 9.70. The van der Waals surface area contributed by atoms with Crippen LogP contribution in [0.2, 0.25) is 0 Å². The molecule has 0 aromatic heterocycles. The molecule has 150 valence electrons. The summed E-state index contributed by atoms with van der Waals surface area (Å²) in [6.07, 6.45) is 6.67. The Morgan fingerprint density at radius 2 is 1.89 bits per heavy atom. The molecule has 27 heavy (non-hydrogen) atoms. The maximum Gasteiger partial charge on any atom is 0.220 e. The summed E-state index contributed by atoms with van der Waals surface area (Å²) in [5, 5.41) is 9.52. The Labute approximate surface area is 178 Å². The molecule has 7 heteroatoms. The van der Waals surface area contributed by atoms with Gasteiger partial charge in [-0.2, -0.15) is 0 Å². The van der Waals surface area contributed by atoms with Crippen LogP contribution in [-0.2, 0) is 11.2 Å². The van der Waals surface area contributed by atoms with Crippen LogP contribution in [0.15, 0.2) is 29.3 Å². The highest BCUT2D eigenvalue weighted by atomic mass is 127. The molecule has 1 unspecified atom stereocenters. The lowest BCUT2D eigenvalue weighted by atomic mass is 10.0. The molecule has 0 bridgehead atoms. The van der Waals surface area contributed by atoms with Crippen molar-refractivity contribution < 1.29 is 9.53 Å². The van der Waals surface area contributed by atoms with Gasteiger partial charge in [-0.15, -0.1) is 24.0 Å². The Morgan fingerprint density at radius 1 is 1.15 bits per heavy atom. The molecule has 1 aliphatic heterocycles. The second kappa shape index (κ2) is 11.4. The monoisotopic (exact) mass is 486 g/mol. The summed E-state index contributed by atoms with van der Waals surface area (Å²) < 4.78 is 5.92. The van der Waals surface area contributed by atoms with Crippen LogP contribution in [-0.4, -0.2) is 44.7 Å². The SMILES string of the molecule is CN=C(NCCNC(=O)CC1CCCC1)NCC1Cc2ccccc2O1.I. The van der Waals surface area contributed by atoms with E-state index in [9.17, 15) is 4.79 Å². The molecule has 0 radical (unpaired) electrons. The van der Waals surface area contributed by atoms with E-state index in [0.717, 1.165) is 18.1 Å². The molecule has 1 aliphatic carbocycles. The number of hydrogen-bond donors (Lipinski definition) is 3. The first-order valence-electron chi connectivity index (χ1n) is 9.70. The Balaban J connectivity index is 0.00000261. The van der Waals surface area contributed by atoms with Crippen LogP contribution >= 0.6 is 24.0 Å². The first kappa shape index (κ1) is 21.8. The summed E-state index contributed by atoms with van der Waals surface area (Å²) in [6, 6.07) is 8.16. The molecule has 3 N–H and O–H groups in total. The molecular formula is C20H31IN4O2. The third kappa shape index (κ3) is 6.86. The van der Waals surface area contributed by atoms with Crippen molar-refractivity contribution in [1.82, 2.24) is 16.0 Å². The summed E-state index contributed by atoms with van der Waals surface area (Å²) in [5.74, 6) is 2.47. The lowest BCUT2D eigenvalue weighted by Gasteiger charge is -2.16. The van der Waals surface area contributed by atoms with E-state index in [1.165, 1.54) is 31.2 Å². The maximum absolute atomic E-state index is 11.9. The highest BCUT2D eigenvalue weighted by Gasteiger charge is 2.22. The number of carbonyl (C=O) groups excluding carboxylic acids is 1. The molecule has 1 fully saturated rings. The number of carbonyl (C=O) groups is 1. The Kier molecular flexibility index (Phi) is 9.17. The van der Waals surface area contributed by atoms with Gasteiger partial charge in [0, 0.05) is 33.0 Å². The van der Waals surface area contributed by atoms with Crippen molar-refractivity contribution in [2.24, 2.45) is 10.9 Å². The predicted molar refractivity (Wildman–Crippen MR) is 119 cm³/mol. The zero-order valence-electron chi connectivity index (χ0n) is 16.0. The quantitative estimate of drug-likeness (QED) is 0.240. The number of guanidine groups is 1. The average molecular weight is 486 g/mol. The standard InChI is InChI=1S/C20H30N4O2.HI/c1-21-20(23-11-10-22-19(25)12-15-6-2-3-7-15)24-14-17-13-16-8-4-5-9-18(16)26-17;/h4-5,8-9,15,17H,2-3,6-7,10-14H2,1H3,(H,22,25)(H2,21,23,24);1H. The van der Waals surface area contributed by atoms with Crippen LogP contribution < -0.4 is 20.7 Å². The van der Waals surface area contributed by atoms with Gasteiger partial charge in [0.15, 0.2) is 5.96 Å². The number of fused-ring (bicyclic) bond motifs is 1. The van der Waals surface area contributed by atoms with Crippen LogP contribution in [0.25, 0.3) is 0 Å². The Bertz CT molecular complexity index is 607. The van der Waals surface area contributed by atoms with Gasteiger partial charge in [0.25, 0.3) is 0 Å². The van der Waals surface area contributed by atoms with E-state index in [2.05, 4.69) is 27.0 Å². The smallest absolute Gasteiger partial charge is 0.220 e. The van der Waals surface area contributed by atoms with Gasteiger partial charge in [0.05, 0.1) is 6.54 Å². The zero-order chi connectivity index (χ0) is 18.2. The van der Waals surface area contributed by atoms with Crippen molar-refractivity contribution in [2.75, 3.05) is 26.7 Å². The fourth-order valence-electron chi connectivity index (χ4n) is 3.73. The van der Waals surface area contributed by atoms with Gasteiger partial charge in [0.1, 0.15) is 11.9 Å². The van der Waals surface area contributed by atoms with E-state index in [0.29, 0.717) is 32.0 Å². The highest BCUT2D eigenvalue weighted by molar-refractivity contribution is 14.0. The zero-order valence-corrected chi connectivity index (χ0v) is 18.3. The number of nitrogens with zero attached hydrogens (tertiary/aromatic N) is 1. The number of rotatable bonds is 7. The second-order valence-corrected chi connectivity index (χ2v) is 7.14. The minimum absolute atomic E-state index is 0. The van der Waals surface area contributed by atoms with E-state index in [-0.39, 0.29) is 36.0 Å². The van der Waals surface area contributed by atoms with E-state index >= 15 is 0 Å². The van der Waals surface area contributed by atoms with E-state index in [1.807, 2.05) is 18.2 Å². The summed E-state index contributed by atoms with van der Waals surface area (Å²) in [6.45, 7) is 1.96. The van der Waals surface area contributed by atoms with Crippen molar-refractivity contribution in [3.8, 4) is 5.75 Å². The topological polar surface area (TPSA) is 74.8 Å². The van der Waals surface area contributed by atoms with Crippen LogP contribution in [0.3, 0.4) is 0 Å². The highest BCUT2D eigenvalue weighted by Crippen LogP contribution is 2.28. The van der Waals surface area contributed by atoms with Gasteiger partial charge in [-0.3, -0.25) is 9.79 Å². The summed E-state index contributed by atoms with van der Waals surface area (Å²) >= 11 is 0. The average Bonchev–Trinajstić information content (AvgIpc) is 3.30. The molecule has 2 aliphatic rings. The number of hydrogen-bond acceptors (Lipinski definition) is 3. The van der Waals surface area contributed by atoms with Crippen LogP contribution in [0.1, 0.15) is 37.7 Å². The minimum atomic E-state index is 0. The van der Waals surface area contributed by atoms with Gasteiger partial charge in [0.2, 0.25) is 5.91 Å². The van der Waals surface area contributed by atoms with Crippen molar-refractivity contribution in [1.29, 1.82) is 0 Å². The number of nitrogens with one attached hydrogen (secondary N) is 3. The lowest BCUT2D eigenvalue weighted by Crippen LogP contribution is -2.44. The minimum Gasteiger partial charge on any atom is -0.488 e. The van der Waals surface area contributed by atoms with E-state index in [1.54, 1.807) is 7.05 Å². The van der Waals surface area contributed by atoms with Gasteiger partial charge >= 0.3 is 0 Å². The van der Waals surface area contributed by atoms with Gasteiger partial charge < -0.3 is 20.7 Å². The number of ether oxygens (including phenoxy) is 1. The van der Waals surface area contributed by atoms with Gasteiger partial charge in [-0.05, 0) is 30.4 Å². The van der Waals surface area contributed by atoms with Crippen molar-refractivity contribution in [2.45, 2.75) is 44.6 Å². The molecular weight excluding hydrogens is 455 g/mol. The second-order valence-electron chi connectivity index (χ2n) is 7.14. The fraction of sp³-hybridized carbons (Fsp3) is 0.600. The molecule has 1 atom stereocenters.